The molecule has 150 valence electrons. The number of ether oxygens (including phenoxy) is 2. The van der Waals surface area contributed by atoms with Crippen LogP contribution in [-0.4, -0.2) is 31.7 Å². The first-order valence-corrected chi connectivity index (χ1v) is 8.96. The van der Waals surface area contributed by atoms with Gasteiger partial charge in [-0.3, -0.25) is 4.79 Å². The summed E-state index contributed by atoms with van der Waals surface area (Å²) in [5, 5.41) is 9.07. The largest absolute Gasteiger partial charge is 0.454 e. The van der Waals surface area contributed by atoms with Crippen molar-refractivity contribution in [1.82, 2.24) is 16.0 Å². The third kappa shape index (κ3) is 6.59. The summed E-state index contributed by atoms with van der Waals surface area (Å²) < 4.78 is 10.7. The molecule has 0 atom stereocenters. The van der Waals surface area contributed by atoms with Crippen molar-refractivity contribution < 1.29 is 14.3 Å². The smallest absolute Gasteiger partial charge is 0.239 e. The predicted molar refractivity (Wildman–Crippen MR) is 119 cm³/mol. The maximum atomic E-state index is 12.0. The molecule has 0 spiro atoms. The highest BCUT2D eigenvalue weighted by Gasteiger charge is 2.13. The van der Waals surface area contributed by atoms with Gasteiger partial charge in [0.15, 0.2) is 17.5 Å². The fraction of sp³-hybridized carbons (Fsp3) is 0.300. The van der Waals surface area contributed by atoms with Crippen LogP contribution >= 0.6 is 24.0 Å². The molecule has 0 bridgehead atoms. The predicted octanol–water partition coefficient (Wildman–Crippen LogP) is 2.40. The summed E-state index contributed by atoms with van der Waals surface area (Å²) in [6.45, 7) is 4.07. The molecule has 2 aromatic carbocycles. The van der Waals surface area contributed by atoms with Crippen LogP contribution in [0.5, 0.6) is 11.5 Å². The average molecular weight is 496 g/mol. The van der Waals surface area contributed by atoms with Crippen molar-refractivity contribution in [1.29, 1.82) is 0 Å². The summed E-state index contributed by atoms with van der Waals surface area (Å²) in [4.78, 5) is 16.6. The number of halogens is 1. The van der Waals surface area contributed by atoms with E-state index in [2.05, 4.69) is 20.9 Å². The van der Waals surface area contributed by atoms with Gasteiger partial charge in [0.25, 0.3) is 0 Å². The normalized spacial score (nSPS) is 12.1. The first kappa shape index (κ1) is 21.8. The van der Waals surface area contributed by atoms with E-state index < -0.39 is 0 Å². The number of amides is 1. The number of fused-ring (bicyclic) bond motifs is 1. The Kier molecular flexibility index (Phi) is 8.86. The quantitative estimate of drug-likeness (QED) is 0.312. The molecule has 8 heteroatoms. The van der Waals surface area contributed by atoms with Crippen LogP contribution in [0.3, 0.4) is 0 Å². The molecule has 0 fully saturated rings. The van der Waals surface area contributed by atoms with E-state index in [9.17, 15) is 4.79 Å². The van der Waals surface area contributed by atoms with E-state index in [1.165, 1.54) is 0 Å². The molecular weight excluding hydrogens is 471 g/mol. The minimum absolute atomic E-state index is 0. The summed E-state index contributed by atoms with van der Waals surface area (Å²) in [5.74, 6) is 1.99. The van der Waals surface area contributed by atoms with Gasteiger partial charge in [-0.15, -0.1) is 24.0 Å². The first-order chi connectivity index (χ1) is 13.2. The average Bonchev–Trinajstić information content (AvgIpc) is 3.17. The van der Waals surface area contributed by atoms with Gasteiger partial charge in [0, 0.05) is 13.1 Å². The van der Waals surface area contributed by atoms with Gasteiger partial charge in [0.1, 0.15) is 0 Å². The molecule has 28 heavy (non-hydrogen) atoms. The van der Waals surface area contributed by atoms with Crippen molar-refractivity contribution in [2.24, 2.45) is 4.99 Å². The van der Waals surface area contributed by atoms with Crippen LogP contribution in [0.25, 0.3) is 0 Å². The van der Waals surface area contributed by atoms with Crippen LogP contribution in [0.4, 0.5) is 0 Å². The Morgan fingerprint density at radius 2 is 1.79 bits per heavy atom. The van der Waals surface area contributed by atoms with Crippen molar-refractivity contribution >= 4 is 35.8 Å². The standard InChI is InChI=1S/C20H24N4O3.HI/c1-2-21-20(23-12-16-8-9-17-18(10-16)27-14-26-17)24-13-19(25)22-11-15-6-4-3-5-7-15;/h3-10H,2,11-14H2,1H3,(H,22,25)(H2,21,23,24);1H. The van der Waals surface area contributed by atoms with Crippen LogP contribution in [0.2, 0.25) is 0 Å². The van der Waals surface area contributed by atoms with E-state index in [4.69, 9.17) is 9.47 Å². The van der Waals surface area contributed by atoms with Gasteiger partial charge in [-0.05, 0) is 30.2 Å². The highest BCUT2D eigenvalue weighted by Crippen LogP contribution is 2.32. The second kappa shape index (κ2) is 11.4. The SMILES string of the molecule is CCNC(=NCc1ccc2c(c1)OCO2)NCC(=O)NCc1ccccc1.I. The summed E-state index contributed by atoms with van der Waals surface area (Å²) in [6, 6.07) is 15.6. The number of nitrogens with zero attached hydrogens (tertiary/aromatic N) is 1. The van der Waals surface area contributed by atoms with Crippen molar-refractivity contribution in [3.8, 4) is 11.5 Å². The zero-order valence-corrected chi connectivity index (χ0v) is 18.1. The summed E-state index contributed by atoms with van der Waals surface area (Å²) in [7, 11) is 0. The van der Waals surface area contributed by atoms with E-state index in [1.54, 1.807) is 0 Å². The molecule has 3 N–H and O–H groups in total. The number of guanidine groups is 1. The topological polar surface area (TPSA) is 84.0 Å². The van der Waals surface area contributed by atoms with Crippen LogP contribution in [-0.2, 0) is 17.9 Å². The van der Waals surface area contributed by atoms with Gasteiger partial charge in [-0.25, -0.2) is 4.99 Å². The first-order valence-electron chi connectivity index (χ1n) is 8.96. The number of nitrogens with one attached hydrogen (secondary N) is 3. The maximum Gasteiger partial charge on any atom is 0.239 e. The van der Waals surface area contributed by atoms with E-state index >= 15 is 0 Å². The molecule has 1 heterocycles. The van der Waals surface area contributed by atoms with Gasteiger partial charge >= 0.3 is 0 Å². The summed E-state index contributed by atoms with van der Waals surface area (Å²) >= 11 is 0. The fourth-order valence-electron chi connectivity index (χ4n) is 2.57. The number of benzene rings is 2. The lowest BCUT2D eigenvalue weighted by Crippen LogP contribution is -2.43. The third-order valence-electron chi connectivity index (χ3n) is 3.95. The van der Waals surface area contributed by atoms with Gasteiger partial charge in [-0.2, -0.15) is 0 Å². The maximum absolute atomic E-state index is 12.0. The van der Waals surface area contributed by atoms with E-state index in [0.717, 1.165) is 22.6 Å². The minimum Gasteiger partial charge on any atom is -0.454 e. The molecule has 0 radical (unpaired) electrons. The summed E-state index contributed by atoms with van der Waals surface area (Å²) in [6.07, 6.45) is 0. The molecule has 7 nitrogen and oxygen atoms in total. The molecule has 0 saturated carbocycles. The number of rotatable bonds is 7. The Balaban J connectivity index is 0.00000280. The minimum atomic E-state index is -0.0902. The Morgan fingerprint density at radius 1 is 1.00 bits per heavy atom. The van der Waals surface area contributed by atoms with Crippen LogP contribution in [0, 0.1) is 0 Å². The number of aliphatic imine (C=N–C) groups is 1. The molecule has 1 amide bonds. The number of carbonyl (C=O) groups is 1. The van der Waals surface area contributed by atoms with Crippen molar-refractivity contribution in [2.75, 3.05) is 19.9 Å². The number of hydrogen-bond donors (Lipinski definition) is 3. The van der Waals surface area contributed by atoms with Crippen LogP contribution in [0.1, 0.15) is 18.1 Å². The fourth-order valence-corrected chi connectivity index (χ4v) is 2.57. The Morgan fingerprint density at radius 3 is 2.57 bits per heavy atom. The lowest BCUT2D eigenvalue weighted by molar-refractivity contribution is -0.120. The van der Waals surface area contributed by atoms with Crippen molar-refractivity contribution in [3.05, 3.63) is 59.7 Å². The van der Waals surface area contributed by atoms with Gasteiger partial charge < -0.3 is 25.4 Å². The zero-order chi connectivity index (χ0) is 18.9. The van der Waals surface area contributed by atoms with Crippen LogP contribution < -0.4 is 25.4 Å². The highest BCUT2D eigenvalue weighted by molar-refractivity contribution is 14.0. The molecule has 3 rings (SSSR count). The van der Waals surface area contributed by atoms with Gasteiger partial charge in [0.2, 0.25) is 12.7 Å². The van der Waals surface area contributed by atoms with Crippen LogP contribution in [0.15, 0.2) is 53.5 Å². The summed E-state index contributed by atoms with van der Waals surface area (Å²) in [5.41, 5.74) is 2.07. The molecule has 0 unspecified atom stereocenters. The second-order valence-electron chi connectivity index (χ2n) is 6.00. The Labute approximate surface area is 181 Å². The Bertz CT molecular complexity index is 799. The molecule has 1 aliphatic heterocycles. The van der Waals surface area contributed by atoms with Gasteiger partial charge in [0.05, 0.1) is 13.1 Å². The van der Waals surface area contributed by atoms with Gasteiger partial charge in [-0.1, -0.05) is 36.4 Å². The lowest BCUT2D eigenvalue weighted by Gasteiger charge is -2.11. The Hall–Kier alpha value is -2.49. The zero-order valence-electron chi connectivity index (χ0n) is 15.7. The number of carbonyl (C=O) groups excluding carboxylic acids is 1. The third-order valence-corrected chi connectivity index (χ3v) is 3.95. The molecule has 0 saturated heterocycles. The lowest BCUT2D eigenvalue weighted by atomic mass is 10.2. The molecule has 2 aromatic rings. The molecular formula is C20H25IN4O3. The monoisotopic (exact) mass is 496 g/mol. The molecule has 0 aromatic heterocycles. The molecule has 0 aliphatic carbocycles. The van der Waals surface area contributed by atoms with E-state index in [-0.39, 0.29) is 43.2 Å². The highest BCUT2D eigenvalue weighted by atomic mass is 127. The van der Waals surface area contributed by atoms with Crippen molar-refractivity contribution in [2.45, 2.75) is 20.0 Å². The van der Waals surface area contributed by atoms with E-state index in [0.29, 0.717) is 25.6 Å². The second-order valence-corrected chi connectivity index (χ2v) is 6.00. The molecule has 1 aliphatic rings. The number of hydrogen-bond acceptors (Lipinski definition) is 4. The van der Waals surface area contributed by atoms with Crippen molar-refractivity contribution in [3.63, 3.8) is 0 Å². The van der Waals surface area contributed by atoms with E-state index in [1.807, 2.05) is 55.5 Å².